The van der Waals surface area contributed by atoms with Crippen molar-refractivity contribution in [3.63, 3.8) is 0 Å². The molecule has 0 radical (unpaired) electrons. The molecule has 2 rings (SSSR count). The smallest absolute Gasteiger partial charge is 0.228 e. The van der Waals surface area contributed by atoms with Crippen molar-refractivity contribution in [3.8, 4) is 5.75 Å². The standard InChI is InChI=1S/C12H15BrN2O2/c13-9-3-4-11(16)10(6-9)15-12(17)8-2-1-5-14-7-8/h3-4,6,8,14,16H,1-2,5,7H2,(H,15,17). The van der Waals surface area contributed by atoms with Crippen LogP contribution < -0.4 is 10.6 Å². The maximum Gasteiger partial charge on any atom is 0.228 e. The first-order valence-electron chi connectivity index (χ1n) is 5.67. The lowest BCUT2D eigenvalue weighted by molar-refractivity contribution is -0.120. The molecule has 1 unspecified atom stereocenters. The van der Waals surface area contributed by atoms with Gasteiger partial charge in [0.2, 0.25) is 5.91 Å². The molecule has 1 saturated heterocycles. The summed E-state index contributed by atoms with van der Waals surface area (Å²) in [4.78, 5) is 12.0. The highest BCUT2D eigenvalue weighted by Gasteiger charge is 2.21. The van der Waals surface area contributed by atoms with E-state index in [0.29, 0.717) is 12.2 Å². The lowest BCUT2D eigenvalue weighted by Crippen LogP contribution is -2.37. The molecule has 0 saturated carbocycles. The van der Waals surface area contributed by atoms with Crippen LogP contribution >= 0.6 is 15.9 Å². The number of piperidine rings is 1. The minimum absolute atomic E-state index is 0.0119. The van der Waals surface area contributed by atoms with Crippen LogP contribution in [0, 0.1) is 5.92 Å². The van der Waals surface area contributed by atoms with E-state index in [4.69, 9.17) is 0 Å². The largest absolute Gasteiger partial charge is 0.506 e. The summed E-state index contributed by atoms with van der Waals surface area (Å²) in [5, 5.41) is 15.6. The average molecular weight is 299 g/mol. The van der Waals surface area contributed by atoms with E-state index < -0.39 is 0 Å². The summed E-state index contributed by atoms with van der Waals surface area (Å²) >= 11 is 3.31. The molecule has 0 bridgehead atoms. The number of amides is 1. The number of benzene rings is 1. The van der Waals surface area contributed by atoms with Crippen LogP contribution in [-0.2, 0) is 4.79 Å². The summed E-state index contributed by atoms with van der Waals surface area (Å²) in [6.07, 6.45) is 1.91. The molecule has 1 aliphatic heterocycles. The van der Waals surface area contributed by atoms with Gasteiger partial charge in [0.15, 0.2) is 0 Å². The third-order valence-electron chi connectivity index (χ3n) is 2.88. The Labute approximate surface area is 109 Å². The minimum Gasteiger partial charge on any atom is -0.506 e. The summed E-state index contributed by atoms with van der Waals surface area (Å²) in [5.74, 6) is 0.0399. The Morgan fingerprint density at radius 1 is 1.53 bits per heavy atom. The predicted molar refractivity (Wildman–Crippen MR) is 70.0 cm³/mol. The molecule has 5 heteroatoms. The van der Waals surface area contributed by atoms with Gasteiger partial charge in [-0.3, -0.25) is 4.79 Å². The van der Waals surface area contributed by atoms with Crippen molar-refractivity contribution < 1.29 is 9.90 Å². The zero-order chi connectivity index (χ0) is 12.3. The van der Waals surface area contributed by atoms with Crippen molar-refractivity contribution in [2.75, 3.05) is 18.4 Å². The van der Waals surface area contributed by atoms with Gasteiger partial charge in [0.1, 0.15) is 5.75 Å². The molecule has 1 aliphatic rings. The fourth-order valence-corrected chi connectivity index (χ4v) is 2.28. The molecule has 1 fully saturated rings. The Bertz CT molecular complexity index is 417. The van der Waals surface area contributed by atoms with Gasteiger partial charge in [-0.15, -0.1) is 0 Å². The highest BCUT2D eigenvalue weighted by molar-refractivity contribution is 9.10. The van der Waals surface area contributed by atoms with Crippen LogP contribution in [0.1, 0.15) is 12.8 Å². The molecule has 92 valence electrons. The number of hydrogen-bond acceptors (Lipinski definition) is 3. The number of hydrogen-bond donors (Lipinski definition) is 3. The van der Waals surface area contributed by atoms with Crippen molar-refractivity contribution in [1.82, 2.24) is 5.32 Å². The first-order chi connectivity index (χ1) is 8.16. The van der Waals surface area contributed by atoms with Crippen LogP contribution in [0.3, 0.4) is 0 Å². The van der Waals surface area contributed by atoms with E-state index in [1.54, 1.807) is 18.2 Å². The van der Waals surface area contributed by atoms with Gasteiger partial charge in [0.05, 0.1) is 11.6 Å². The number of aromatic hydroxyl groups is 1. The molecule has 0 aliphatic carbocycles. The molecule has 0 spiro atoms. The minimum atomic E-state index is -0.0365. The van der Waals surface area contributed by atoms with Crippen molar-refractivity contribution in [1.29, 1.82) is 0 Å². The fourth-order valence-electron chi connectivity index (χ4n) is 1.92. The maximum absolute atomic E-state index is 12.0. The van der Waals surface area contributed by atoms with Crippen LogP contribution in [0.2, 0.25) is 0 Å². The van der Waals surface area contributed by atoms with Crippen LogP contribution in [0.4, 0.5) is 5.69 Å². The first kappa shape index (κ1) is 12.4. The molecule has 3 N–H and O–H groups in total. The Morgan fingerprint density at radius 2 is 2.35 bits per heavy atom. The van der Waals surface area contributed by atoms with Crippen molar-refractivity contribution in [2.45, 2.75) is 12.8 Å². The molecular formula is C12H15BrN2O2. The van der Waals surface area contributed by atoms with Gasteiger partial charge in [-0.1, -0.05) is 15.9 Å². The van der Waals surface area contributed by atoms with Crippen molar-refractivity contribution in [2.24, 2.45) is 5.92 Å². The number of anilines is 1. The molecule has 0 aromatic heterocycles. The summed E-state index contributed by atoms with van der Waals surface area (Å²) in [6.45, 7) is 1.69. The zero-order valence-corrected chi connectivity index (χ0v) is 11.0. The van der Waals surface area contributed by atoms with Gasteiger partial charge >= 0.3 is 0 Å². The molecule has 17 heavy (non-hydrogen) atoms. The number of rotatable bonds is 2. The van der Waals surface area contributed by atoms with Gasteiger partial charge in [0, 0.05) is 11.0 Å². The molecule has 1 aromatic rings. The highest BCUT2D eigenvalue weighted by Crippen LogP contribution is 2.27. The molecule has 1 heterocycles. The molecule has 1 atom stereocenters. The van der Waals surface area contributed by atoms with Gasteiger partial charge in [-0.25, -0.2) is 0 Å². The van der Waals surface area contributed by atoms with Crippen molar-refractivity contribution >= 4 is 27.5 Å². The number of phenolic OH excluding ortho intramolecular Hbond substituents is 1. The Balaban J connectivity index is 2.04. The summed E-state index contributed by atoms with van der Waals surface area (Å²) in [6, 6.07) is 4.98. The molecule has 1 amide bonds. The van der Waals surface area contributed by atoms with Crippen LogP contribution in [-0.4, -0.2) is 24.1 Å². The fraction of sp³-hybridized carbons (Fsp3) is 0.417. The SMILES string of the molecule is O=C(Nc1cc(Br)ccc1O)C1CCCNC1. The van der Waals surface area contributed by atoms with Gasteiger partial charge in [-0.05, 0) is 37.6 Å². The third kappa shape index (κ3) is 3.20. The first-order valence-corrected chi connectivity index (χ1v) is 6.46. The van der Waals surface area contributed by atoms with E-state index in [1.165, 1.54) is 0 Å². The average Bonchev–Trinajstić information content (AvgIpc) is 2.35. The third-order valence-corrected chi connectivity index (χ3v) is 3.38. The quantitative estimate of drug-likeness (QED) is 0.733. The molecule has 1 aromatic carbocycles. The van der Waals surface area contributed by atoms with Crippen LogP contribution in [0.5, 0.6) is 5.75 Å². The molecular weight excluding hydrogens is 284 g/mol. The lowest BCUT2D eigenvalue weighted by Gasteiger charge is -2.22. The second-order valence-electron chi connectivity index (χ2n) is 4.19. The molecule has 4 nitrogen and oxygen atoms in total. The van der Waals surface area contributed by atoms with E-state index in [0.717, 1.165) is 23.9 Å². The van der Waals surface area contributed by atoms with Crippen molar-refractivity contribution in [3.05, 3.63) is 22.7 Å². The predicted octanol–water partition coefficient (Wildman–Crippen LogP) is 2.09. The van der Waals surface area contributed by atoms with E-state index >= 15 is 0 Å². The van der Waals surface area contributed by atoms with Gasteiger partial charge < -0.3 is 15.7 Å². The number of carbonyl (C=O) groups is 1. The van der Waals surface area contributed by atoms with E-state index in [2.05, 4.69) is 26.6 Å². The van der Waals surface area contributed by atoms with Crippen LogP contribution in [0.25, 0.3) is 0 Å². The van der Waals surface area contributed by atoms with Gasteiger partial charge in [0.25, 0.3) is 0 Å². The number of halogens is 1. The van der Waals surface area contributed by atoms with Crippen LogP contribution in [0.15, 0.2) is 22.7 Å². The Hall–Kier alpha value is -1.07. The summed E-state index contributed by atoms with van der Waals surface area (Å²) in [7, 11) is 0. The van der Waals surface area contributed by atoms with E-state index in [1.807, 2.05) is 0 Å². The lowest BCUT2D eigenvalue weighted by atomic mass is 9.99. The Kier molecular flexibility index (Phi) is 4.02. The highest BCUT2D eigenvalue weighted by atomic mass is 79.9. The number of carbonyl (C=O) groups excluding carboxylic acids is 1. The van der Waals surface area contributed by atoms with Gasteiger partial charge in [-0.2, -0.15) is 0 Å². The number of phenols is 1. The summed E-state index contributed by atoms with van der Waals surface area (Å²) < 4.78 is 0.826. The zero-order valence-electron chi connectivity index (χ0n) is 9.37. The van der Waals surface area contributed by atoms with E-state index in [-0.39, 0.29) is 17.6 Å². The monoisotopic (exact) mass is 298 g/mol. The second-order valence-corrected chi connectivity index (χ2v) is 5.11. The Morgan fingerprint density at radius 3 is 3.06 bits per heavy atom. The van der Waals surface area contributed by atoms with E-state index in [9.17, 15) is 9.90 Å². The second kappa shape index (κ2) is 5.51. The topological polar surface area (TPSA) is 61.4 Å². The maximum atomic E-state index is 12.0. The summed E-state index contributed by atoms with van der Waals surface area (Å²) in [5.41, 5.74) is 0.454. The normalized spacial score (nSPS) is 19.9. The number of nitrogens with one attached hydrogen (secondary N) is 2.